The molecule has 1 fully saturated rings. The average molecular weight is 546 g/mol. The highest BCUT2D eigenvalue weighted by Gasteiger charge is 2.34. The molecule has 0 saturated carbocycles. The van der Waals surface area contributed by atoms with Crippen LogP contribution in [0.15, 0.2) is 58.8 Å². The number of thiophene rings is 1. The Hall–Kier alpha value is -3.45. The molecule has 2 amide bonds. The number of aromatic carboxylic acids is 1. The fourth-order valence-corrected chi connectivity index (χ4v) is 5.44. The fourth-order valence-electron chi connectivity index (χ4n) is 3.25. The van der Waals surface area contributed by atoms with E-state index in [1.165, 1.54) is 46.6 Å². The lowest BCUT2D eigenvalue weighted by atomic mass is 10.1. The van der Waals surface area contributed by atoms with E-state index in [0.29, 0.717) is 26.6 Å². The van der Waals surface area contributed by atoms with Crippen molar-refractivity contribution in [1.29, 1.82) is 0 Å². The Morgan fingerprint density at radius 1 is 1.11 bits per heavy atom. The molecule has 2 aromatic carbocycles. The van der Waals surface area contributed by atoms with Crippen LogP contribution in [0.5, 0.6) is 0 Å². The number of carbonyl (C=O) groups excluding carboxylic acids is 2. The third-order valence-electron chi connectivity index (χ3n) is 5.14. The van der Waals surface area contributed by atoms with Crippen LogP contribution in [-0.4, -0.2) is 44.7 Å². The second kappa shape index (κ2) is 10.7. The molecule has 0 radical (unpaired) electrons. The molecule has 1 aliphatic rings. The van der Waals surface area contributed by atoms with Crippen molar-refractivity contribution in [2.24, 2.45) is 5.73 Å². The van der Waals surface area contributed by atoms with E-state index in [-0.39, 0.29) is 16.4 Å². The maximum absolute atomic E-state index is 13.6. The van der Waals surface area contributed by atoms with Crippen molar-refractivity contribution >= 4 is 69.2 Å². The number of thioether (sulfide) groups is 1. The van der Waals surface area contributed by atoms with E-state index in [2.05, 4.69) is 5.32 Å². The fraction of sp³-hybridized carbons (Fsp3) is 0.0833. The van der Waals surface area contributed by atoms with Crippen molar-refractivity contribution in [3.05, 3.63) is 80.9 Å². The topological polar surface area (TPSA) is 113 Å². The van der Waals surface area contributed by atoms with Crippen molar-refractivity contribution in [2.45, 2.75) is 6.04 Å². The van der Waals surface area contributed by atoms with E-state index in [1.807, 2.05) is 0 Å². The van der Waals surface area contributed by atoms with E-state index in [0.717, 1.165) is 23.9 Å². The van der Waals surface area contributed by atoms with Gasteiger partial charge in [0.15, 0.2) is 11.6 Å². The predicted molar refractivity (Wildman–Crippen MR) is 140 cm³/mol. The van der Waals surface area contributed by atoms with Crippen LogP contribution in [0.25, 0.3) is 17.2 Å². The van der Waals surface area contributed by atoms with Gasteiger partial charge in [-0.3, -0.25) is 14.5 Å². The van der Waals surface area contributed by atoms with Gasteiger partial charge in [0.25, 0.3) is 5.91 Å². The minimum absolute atomic E-state index is 0.0735. The standard InChI is InChI=1S/C24H17F2N3O4S3/c25-17-6-3-13(8-18(17)26)14-7-16(35-11-14)9-20-22(31)29(24(34)36-20)10-19(27)21(30)28-15-4-1-12(2-5-15)23(32)33/h1-9,11,19H,10,27H2,(H,28,30)(H,32,33)/b20-9-/t19-/m0/s1. The van der Waals surface area contributed by atoms with E-state index in [1.54, 1.807) is 17.5 Å². The number of rotatable bonds is 7. The second-order valence-corrected chi connectivity index (χ2v) is 10.3. The van der Waals surface area contributed by atoms with Crippen LogP contribution in [-0.2, 0) is 9.59 Å². The largest absolute Gasteiger partial charge is 0.478 e. The summed E-state index contributed by atoms with van der Waals surface area (Å²) < 4.78 is 27.0. The van der Waals surface area contributed by atoms with Crippen LogP contribution in [0.4, 0.5) is 14.5 Å². The summed E-state index contributed by atoms with van der Waals surface area (Å²) in [6.45, 7) is -0.147. The summed E-state index contributed by atoms with van der Waals surface area (Å²) in [7, 11) is 0. The van der Waals surface area contributed by atoms with Gasteiger partial charge >= 0.3 is 5.97 Å². The van der Waals surface area contributed by atoms with Crippen molar-refractivity contribution in [2.75, 3.05) is 11.9 Å². The monoisotopic (exact) mass is 545 g/mol. The first-order valence-electron chi connectivity index (χ1n) is 10.3. The molecule has 4 rings (SSSR count). The predicted octanol–water partition coefficient (Wildman–Crippen LogP) is 4.56. The van der Waals surface area contributed by atoms with Gasteiger partial charge in [-0.15, -0.1) is 11.3 Å². The molecule has 4 N–H and O–H groups in total. The van der Waals surface area contributed by atoms with Gasteiger partial charge in [0.1, 0.15) is 10.4 Å². The number of carboxylic acids is 1. The second-order valence-electron chi connectivity index (χ2n) is 7.64. The molecule has 36 heavy (non-hydrogen) atoms. The number of amides is 2. The molecular weight excluding hydrogens is 528 g/mol. The zero-order chi connectivity index (χ0) is 26.0. The molecule has 7 nitrogen and oxygen atoms in total. The molecule has 3 aromatic rings. The van der Waals surface area contributed by atoms with Gasteiger partial charge in [-0.25, -0.2) is 13.6 Å². The molecule has 0 bridgehead atoms. The lowest BCUT2D eigenvalue weighted by Gasteiger charge is -2.19. The highest BCUT2D eigenvalue weighted by atomic mass is 32.2. The Balaban J connectivity index is 1.41. The summed E-state index contributed by atoms with van der Waals surface area (Å²) >= 11 is 7.70. The average Bonchev–Trinajstić information content (AvgIpc) is 3.41. The van der Waals surface area contributed by atoms with Crippen molar-refractivity contribution < 1.29 is 28.3 Å². The number of thiocarbonyl (C=S) groups is 1. The number of carboxylic acid groups (broad SMARTS) is 1. The summed E-state index contributed by atoms with van der Waals surface area (Å²) in [5, 5.41) is 13.3. The van der Waals surface area contributed by atoms with E-state index in [4.69, 9.17) is 23.1 Å². The number of hydrogen-bond donors (Lipinski definition) is 3. The number of nitrogens with zero attached hydrogens (tertiary/aromatic N) is 1. The highest BCUT2D eigenvalue weighted by molar-refractivity contribution is 8.26. The molecule has 2 heterocycles. The number of hydrogen-bond acceptors (Lipinski definition) is 7. The summed E-state index contributed by atoms with van der Waals surface area (Å²) in [6, 6.07) is 9.85. The number of nitrogens with one attached hydrogen (secondary N) is 1. The number of anilines is 1. The summed E-state index contributed by atoms with van der Waals surface area (Å²) in [6.07, 6.45) is 1.64. The number of benzene rings is 2. The Kier molecular flexibility index (Phi) is 7.59. The Bertz CT molecular complexity index is 1410. The molecule has 0 aliphatic carbocycles. The quantitative estimate of drug-likeness (QED) is 0.295. The molecule has 0 spiro atoms. The first-order valence-corrected chi connectivity index (χ1v) is 12.4. The van der Waals surface area contributed by atoms with Crippen molar-refractivity contribution in [3.8, 4) is 11.1 Å². The maximum Gasteiger partial charge on any atom is 0.335 e. The lowest BCUT2D eigenvalue weighted by molar-refractivity contribution is -0.123. The van der Waals surface area contributed by atoms with Crippen LogP contribution < -0.4 is 11.1 Å². The Morgan fingerprint density at radius 3 is 2.50 bits per heavy atom. The SMILES string of the molecule is N[C@@H](CN1C(=O)/C(=C/c2cc(-c3ccc(F)c(F)c3)cs2)SC1=S)C(=O)Nc1ccc(C(=O)O)cc1. The third-order valence-corrected chi connectivity index (χ3v) is 7.39. The minimum Gasteiger partial charge on any atom is -0.478 e. The molecule has 1 aliphatic heterocycles. The van der Waals surface area contributed by atoms with Crippen molar-refractivity contribution in [1.82, 2.24) is 4.90 Å². The minimum atomic E-state index is -1.09. The van der Waals surface area contributed by atoms with Crippen LogP contribution >= 0.6 is 35.3 Å². The van der Waals surface area contributed by atoms with Gasteiger partial charge in [-0.2, -0.15) is 0 Å². The van der Waals surface area contributed by atoms with E-state index >= 15 is 0 Å². The Morgan fingerprint density at radius 2 is 1.83 bits per heavy atom. The molecule has 12 heteroatoms. The van der Waals surface area contributed by atoms with Gasteiger partial charge in [0.05, 0.1) is 17.0 Å². The van der Waals surface area contributed by atoms with Gasteiger partial charge in [-0.1, -0.05) is 30.0 Å². The van der Waals surface area contributed by atoms with Gasteiger partial charge in [-0.05, 0) is 65.0 Å². The zero-order valence-corrected chi connectivity index (χ0v) is 20.7. The van der Waals surface area contributed by atoms with Gasteiger partial charge < -0.3 is 16.2 Å². The number of nitrogens with two attached hydrogens (primary N) is 1. The number of carbonyl (C=O) groups is 3. The van der Waals surface area contributed by atoms with E-state index in [9.17, 15) is 23.2 Å². The van der Waals surface area contributed by atoms with Crippen LogP contribution in [0.1, 0.15) is 15.2 Å². The third kappa shape index (κ3) is 5.68. The van der Waals surface area contributed by atoms with Gasteiger partial charge in [0.2, 0.25) is 5.91 Å². The smallest absolute Gasteiger partial charge is 0.335 e. The zero-order valence-electron chi connectivity index (χ0n) is 18.2. The summed E-state index contributed by atoms with van der Waals surface area (Å²) in [4.78, 5) is 38.6. The molecule has 0 unspecified atom stereocenters. The molecular formula is C24H17F2N3O4S3. The summed E-state index contributed by atoms with van der Waals surface area (Å²) in [5.41, 5.74) is 7.61. The van der Waals surface area contributed by atoms with Crippen LogP contribution in [0.2, 0.25) is 0 Å². The molecule has 184 valence electrons. The first kappa shape index (κ1) is 25.6. The van der Waals surface area contributed by atoms with Crippen molar-refractivity contribution in [3.63, 3.8) is 0 Å². The normalized spacial score (nSPS) is 15.4. The van der Waals surface area contributed by atoms with Crippen LogP contribution in [0, 0.1) is 11.6 Å². The van der Waals surface area contributed by atoms with E-state index < -0.39 is 35.5 Å². The molecule has 1 aromatic heterocycles. The molecule has 1 atom stereocenters. The van der Waals surface area contributed by atoms with Crippen LogP contribution in [0.3, 0.4) is 0 Å². The van der Waals surface area contributed by atoms with Gasteiger partial charge in [0, 0.05) is 10.6 Å². The Labute approximate surface area is 217 Å². The highest BCUT2D eigenvalue weighted by Crippen LogP contribution is 2.35. The maximum atomic E-state index is 13.6. The summed E-state index contributed by atoms with van der Waals surface area (Å²) in [5.74, 6) is -3.93. The number of halogens is 2. The lowest BCUT2D eigenvalue weighted by Crippen LogP contribution is -2.46. The first-order chi connectivity index (χ1) is 17.1. The molecule has 1 saturated heterocycles.